The SMILES string of the molecule is CN(CCCCCNC1CC1)CC(F)F. The van der Waals surface area contributed by atoms with Gasteiger partial charge in [-0.1, -0.05) is 6.42 Å². The zero-order valence-electron chi connectivity index (χ0n) is 9.51. The second-order valence-electron chi connectivity index (χ2n) is 4.44. The molecule has 0 radical (unpaired) electrons. The quantitative estimate of drug-likeness (QED) is 0.599. The van der Waals surface area contributed by atoms with Crippen LogP contribution in [-0.4, -0.2) is 44.0 Å². The van der Waals surface area contributed by atoms with Crippen LogP contribution in [0.3, 0.4) is 0 Å². The third kappa shape index (κ3) is 7.68. The molecule has 1 aliphatic rings. The van der Waals surface area contributed by atoms with E-state index in [1.807, 2.05) is 0 Å². The van der Waals surface area contributed by atoms with E-state index in [0.717, 1.165) is 32.0 Å². The molecule has 1 saturated carbocycles. The average molecular weight is 220 g/mol. The minimum absolute atomic E-state index is 0.0969. The van der Waals surface area contributed by atoms with Crippen molar-refractivity contribution in [2.45, 2.75) is 44.6 Å². The molecule has 0 spiro atoms. The zero-order valence-corrected chi connectivity index (χ0v) is 9.51. The van der Waals surface area contributed by atoms with Crippen LogP contribution in [0.15, 0.2) is 0 Å². The third-order valence-corrected chi connectivity index (χ3v) is 2.68. The first-order valence-electron chi connectivity index (χ1n) is 5.88. The Labute approximate surface area is 91.0 Å². The smallest absolute Gasteiger partial charge is 0.251 e. The summed E-state index contributed by atoms with van der Waals surface area (Å²) in [7, 11) is 1.76. The molecule has 0 aliphatic heterocycles. The number of nitrogens with one attached hydrogen (secondary N) is 1. The van der Waals surface area contributed by atoms with Gasteiger partial charge in [0.25, 0.3) is 6.43 Å². The van der Waals surface area contributed by atoms with Crippen molar-refractivity contribution in [3.63, 3.8) is 0 Å². The van der Waals surface area contributed by atoms with E-state index in [2.05, 4.69) is 5.32 Å². The normalized spacial score (nSPS) is 16.6. The second kappa shape index (κ2) is 7.12. The van der Waals surface area contributed by atoms with Gasteiger partial charge in [0.2, 0.25) is 0 Å². The molecule has 0 aromatic carbocycles. The summed E-state index contributed by atoms with van der Waals surface area (Å²) in [6.45, 7) is 1.78. The van der Waals surface area contributed by atoms with E-state index < -0.39 is 6.43 Å². The predicted molar refractivity (Wildman–Crippen MR) is 58.4 cm³/mol. The van der Waals surface area contributed by atoms with Crippen LogP contribution >= 0.6 is 0 Å². The molecule has 2 nitrogen and oxygen atoms in total. The zero-order chi connectivity index (χ0) is 11.1. The highest BCUT2D eigenvalue weighted by Crippen LogP contribution is 2.18. The number of hydrogen-bond donors (Lipinski definition) is 1. The summed E-state index contributed by atoms with van der Waals surface area (Å²) in [6.07, 6.45) is 3.78. The Bertz CT molecular complexity index is 161. The first-order chi connectivity index (χ1) is 7.18. The Morgan fingerprint density at radius 3 is 2.60 bits per heavy atom. The lowest BCUT2D eigenvalue weighted by Crippen LogP contribution is -2.25. The topological polar surface area (TPSA) is 15.3 Å². The lowest BCUT2D eigenvalue weighted by molar-refractivity contribution is 0.0996. The summed E-state index contributed by atoms with van der Waals surface area (Å²) in [4.78, 5) is 1.71. The minimum atomic E-state index is -2.20. The van der Waals surface area contributed by atoms with Gasteiger partial charge < -0.3 is 10.2 Å². The lowest BCUT2D eigenvalue weighted by atomic mass is 10.2. The van der Waals surface area contributed by atoms with Crippen molar-refractivity contribution in [2.24, 2.45) is 0 Å². The Morgan fingerprint density at radius 2 is 2.00 bits per heavy atom. The molecule has 0 bridgehead atoms. The molecular formula is C11H22F2N2. The van der Waals surface area contributed by atoms with Gasteiger partial charge in [-0.15, -0.1) is 0 Å². The number of nitrogens with zero attached hydrogens (tertiary/aromatic N) is 1. The minimum Gasteiger partial charge on any atom is -0.314 e. The lowest BCUT2D eigenvalue weighted by Gasteiger charge is -2.15. The molecule has 0 atom stereocenters. The van der Waals surface area contributed by atoms with E-state index >= 15 is 0 Å². The van der Waals surface area contributed by atoms with E-state index in [-0.39, 0.29) is 6.54 Å². The van der Waals surface area contributed by atoms with Gasteiger partial charge in [0.15, 0.2) is 0 Å². The van der Waals surface area contributed by atoms with Crippen molar-refractivity contribution in [3.05, 3.63) is 0 Å². The molecule has 1 fully saturated rings. The van der Waals surface area contributed by atoms with Crippen LogP contribution in [0.2, 0.25) is 0 Å². The van der Waals surface area contributed by atoms with Gasteiger partial charge in [-0.2, -0.15) is 0 Å². The van der Waals surface area contributed by atoms with Crippen LogP contribution in [0.1, 0.15) is 32.1 Å². The summed E-state index contributed by atoms with van der Waals surface area (Å²) in [6, 6.07) is 0.784. The summed E-state index contributed by atoms with van der Waals surface area (Å²) in [5.74, 6) is 0. The molecule has 1 N–H and O–H groups in total. The maximum atomic E-state index is 12.0. The molecular weight excluding hydrogens is 198 g/mol. The monoisotopic (exact) mass is 220 g/mol. The molecule has 0 heterocycles. The number of halogens is 2. The molecule has 0 amide bonds. The molecule has 0 aromatic rings. The van der Waals surface area contributed by atoms with Gasteiger partial charge in [0.1, 0.15) is 0 Å². The van der Waals surface area contributed by atoms with E-state index in [4.69, 9.17) is 0 Å². The Kier molecular flexibility index (Phi) is 6.10. The fraction of sp³-hybridized carbons (Fsp3) is 1.00. The van der Waals surface area contributed by atoms with Crippen molar-refractivity contribution in [3.8, 4) is 0 Å². The number of rotatable bonds is 9. The van der Waals surface area contributed by atoms with Crippen molar-refractivity contribution >= 4 is 0 Å². The van der Waals surface area contributed by atoms with Gasteiger partial charge >= 0.3 is 0 Å². The van der Waals surface area contributed by atoms with Crippen LogP contribution in [0, 0.1) is 0 Å². The molecule has 15 heavy (non-hydrogen) atoms. The highest BCUT2D eigenvalue weighted by Gasteiger charge is 2.19. The Balaban J connectivity index is 1.78. The van der Waals surface area contributed by atoms with E-state index in [1.165, 1.54) is 19.3 Å². The van der Waals surface area contributed by atoms with Crippen LogP contribution in [-0.2, 0) is 0 Å². The van der Waals surface area contributed by atoms with Gasteiger partial charge in [-0.25, -0.2) is 8.78 Å². The molecule has 0 saturated heterocycles. The third-order valence-electron chi connectivity index (χ3n) is 2.68. The second-order valence-corrected chi connectivity index (χ2v) is 4.44. The fourth-order valence-corrected chi connectivity index (χ4v) is 1.60. The average Bonchev–Trinajstić information content (AvgIpc) is 2.93. The summed E-state index contributed by atoms with van der Waals surface area (Å²) >= 11 is 0. The van der Waals surface area contributed by atoms with Gasteiger partial charge in [0.05, 0.1) is 6.54 Å². The van der Waals surface area contributed by atoms with Gasteiger partial charge in [0, 0.05) is 6.04 Å². The maximum absolute atomic E-state index is 12.0. The molecule has 4 heteroatoms. The largest absolute Gasteiger partial charge is 0.314 e. The summed E-state index contributed by atoms with van der Waals surface area (Å²) in [5, 5.41) is 3.44. The van der Waals surface area contributed by atoms with Crippen LogP contribution in [0.25, 0.3) is 0 Å². The molecule has 1 rings (SSSR count). The standard InChI is InChI=1S/C11H22F2N2/c1-15(9-11(12)13)8-4-2-3-7-14-10-5-6-10/h10-11,14H,2-9H2,1H3. The highest BCUT2D eigenvalue weighted by atomic mass is 19.3. The van der Waals surface area contributed by atoms with E-state index in [0.29, 0.717) is 0 Å². The summed E-state index contributed by atoms with van der Waals surface area (Å²) < 4.78 is 23.9. The molecule has 0 unspecified atom stereocenters. The fourth-order valence-electron chi connectivity index (χ4n) is 1.60. The van der Waals surface area contributed by atoms with Crippen molar-refractivity contribution in [1.82, 2.24) is 10.2 Å². The highest BCUT2D eigenvalue weighted by molar-refractivity contribution is 4.80. The Hall–Kier alpha value is -0.220. The first-order valence-corrected chi connectivity index (χ1v) is 5.88. The summed E-state index contributed by atoms with van der Waals surface area (Å²) in [5.41, 5.74) is 0. The maximum Gasteiger partial charge on any atom is 0.251 e. The van der Waals surface area contributed by atoms with Crippen molar-refractivity contribution in [2.75, 3.05) is 26.7 Å². The van der Waals surface area contributed by atoms with E-state index in [9.17, 15) is 8.78 Å². The molecule has 1 aliphatic carbocycles. The van der Waals surface area contributed by atoms with Crippen LogP contribution < -0.4 is 5.32 Å². The Morgan fingerprint density at radius 1 is 1.27 bits per heavy atom. The van der Waals surface area contributed by atoms with Crippen molar-refractivity contribution in [1.29, 1.82) is 0 Å². The van der Waals surface area contributed by atoms with E-state index in [1.54, 1.807) is 11.9 Å². The molecule has 90 valence electrons. The van der Waals surface area contributed by atoms with Gasteiger partial charge in [-0.3, -0.25) is 0 Å². The van der Waals surface area contributed by atoms with Crippen molar-refractivity contribution < 1.29 is 8.78 Å². The number of unbranched alkanes of at least 4 members (excludes halogenated alkanes) is 2. The predicted octanol–water partition coefficient (Wildman–Crippen LogP) is 2.11. The molecule has 0 aromatic heterocycles. The number of alkyl halides is 2. The first kappa shape index (κ1) is 12.8. The van der Waals surface area contributed by atoms with Crippen LogP contribution in [0.4, 0.5) is 8.78 Å². The van der Waals surface area contributed by atoms with Gasteiger partial charge in [-0.05, 0) is 45.8 Å². The number of hydrogen-bond acceptors (Lipinski definition) is 2. The van der Waals surface area contributed by atoms with Crippen LogP contribution in [0.5, 0.6) is 0 Å².